The van der Waals surface area contributed by atoms with E-state index in [1.54, 1.807) is 12.1 Å². The highest BCUT2D eigenvalue weighted by Gasteiger charge is 2.34. The van der Waals surface area contributed by atoms with Gasteiger partial charge in [-0.15, -0.1) is 0 Å². The Bertz CT molecular complexity index is 397. The molecule has 0 spiro atoms. The third-order valence-electron chi connectivity index (χ3n) is 4.01. The number of nitrogens with one attached hydrogen (secondary N) is 1. The van der Waals surface area contributed by atoms with Gasteiger partial charge < -0.3 is 5.32 Å². The smallest absolute Gasteiger partial charge is 0.162 e. The third-order valence-corrected chi connectivity index (χ3v) is 4.01. The van der Waals surface area contributed by atoms with E-state index in [1.165, 1.54) is 18.9 Å². The summed E-state index contributed by atoms with van der Waals surface area (Å²) in [5.74, 6) is -1.40. The molecule has 1 saturated carbocycles. The molecule has 1 N–H and O–H groups in total. The van der Waals surface area contributed by atoms with Gasteiger partial charge in [-0.25, -0.2) is 8.78 Å². The first-order chi connectivity index (χ1) is 8.67. The molecule has 0 atom stereocenters. The average Bonchev–Trinajstić information content (AvgIpc) is 2.82. The standard InChI is InChI=1S/C15H21F2N/c1-2-18-11-15(8-3-4-9-15)10-12-6-5-7-13(16)14(12)17/h5-7,18H,2-4,8-11H2,1H3. The number of hydrogen-bond donors (Lipinski definition) is 1. The summed E-state index contributed by atoms with van der Waals surface area (Å²) in [6, 6.07) is 4.50. The molecule has 1 fully saturated rings. The van der Waals surface area contributed by atoms with Crippen LogP contribution in [0.5, 0.6) is 0 Å². The van der Waals surface area contributed by atoms with Crippen LogP contribution >= 0.6 is 0 Å². The topological polar surface area (TPSA) is 12.0 Å². The van der Waals surface area contributed by atoms with Crippen molar-refractivity contribution in [2.75, 3.05) is 13.1 Å². The summed E-state index contributed by atoms with van der Waals surface area (Å²) < 4.78 is 27.0. The van der Waals surface area contributed by atoms with Crippen molar-refractivity contribution in [1.82, 2.24) is 5.32 Å². The van der Waals surface area contributed by atoms with E-state index in [0.717, 1.165) is 25.9 Å². The minimum absolute atomic E-state index is 0.116. The summed E-state index contributed by atoms with van der Waals surface area (Å²) in [5, 5.41) is 3.37. The van der Waals surface area contributed by atoms with E-state index < -0.39 is 11.6 Å². The van der Waals surface area contributed by atoms with Gasteiger partial charge in [-0.05, 0) is 42.9 Å². The van der Waals surface area contributed by atoms with Crippen molar-refractivity contribution in [1.29, 1.82) is 0 Å². The lowest BCUT2D eigenvalue weighted by atomic mass is 9.79. The first kappa shape index (κ1) is 13.5. The minimum atomic E-state index is -0.732. The van der Waals surface area contributed by atoms with E-state index >= 15 is 0 Å². The summed E-state index contributed by atoms with van der Waals surface area (Å²) in [4.78, 5) is 0. The van der Waals surface area contributed by atoms with Gasteiger partial charge in [0, 0.05) is 6.54 Å². The normalized spacial score (nSPS) is 18.2. The predicted octanol–water partition coefficient (Wildman–Crippen LogP) is 3.68. The molecule has 0 bridgehead atoms. The lowest BCUT2D eigenvalue weighted by Crippen LogP contribution is -2.34. The Morgan fingerprint density at radius 3 is 2.61 bits per heavy atom. The molecule has 18 heavy (non-hydrogen) atoms. The van der Waals surface area contributed by atoms with Crippen LogP contribution in [0, 0.1) is 17.0 Å². The van der Waals surface area contributed by atoms with Crippen molar-refractivity contribution in [3.63, 3.8) is 0 Å². The minimum Gasteiger partial charge on any atom is -0.316 e. The Morgan fingerprint density at radius 1 is 1.22 bits per heavy atom. The molecule has 0 amide bonds. The molecule has 0 unspecified atom stereocenters. The highest BCUT2D eigenvalue weighted by molar-refractivity contribution is 5.21. The second-order valence-corrected chi connectivity index (χ2v) is 5.38. The van der Waals surface area contributed by atoms with Gasteiger partial charge in [0.05, 0.1) is 0 Å². The van der Waals surface area contributed by atoms with Crippen LogP contribution < -0.4 is 5.32 Å². The van der Waals surface area contributed by atoms with Crippen molar-refractivity contribution in [2.24, 2.45) is 5.41 Å². The SMILES string of the molecule is CCNCC1(Cc2cccc(F)c2F)CCCC1. The maximum absolute atomic E-state index is 13.8. The van der Waals surface area contributed by atoms with E-state index in [-0.39, 0.29) is 5.41 Å². The quantitative estimate of drug-likeness (QED) is 0.844. The van der Waals surface area contributed by atoms with Crippen LogP contribution in [-0.2, 0) is 6.42 Å². The highest BCUT2D eigenvalue weighted by Crippen LogP contribution is 2.41. The fraction of sp³-hybridized carbons (Fsp3) is 0.600. The van der Waals surface area contributed by atoms with Gasteiger partial charge in [-0.2, -0.15) is 0 Å². The van der Waals surface area contributed by atoms with Crippen molar-refractivity contribution in [2.45, 2.75) is 39.0 Å². The lowest BCUT2D eigenvalue weighted by molar-refractivity contribution is 0.275. The first-order valence-corrected chi connectivity index (χ1v) is 6.80. The van der Waals surface area contributed by atoms with Gasteiger partial charge in [-0.3, -0.25) is 0 Å². The van der Waals surface area contributed by atoms with Crippen LogP contribution in [0.25, 0.3) is 0 Å². The predicted molar refractivity (Wildman–Crippen MR) is 69.5 cm³/mol. The van der Waals surface area contributed by atoms with Gasteiger partial charge in [0.1, 0.15) is 0 Å². The third kappa shape index (κ3) is 2.89. The van der Waals surface area contributed by atoms with E-state index in [0.29, 0.717) is 12.0 Å². The summed E-state index contributed by atoms with van der Waals surface area (Å²) in [6.45, 7) is 3.90. The molecule has 0 aromatic heterocycles. The molecule has 1 aliphatic rings. The molecule has 1 nitrogen and oxygen atoms in total. The Kier molecular flexibility index (Phi) is 4.33. The average molecular weight is 253 g/mol. The molecular formula is C15H21F2N. The Morgan fingerprint density at radius 2 is 1.94 bits per heavy atom. The van der Waals surface area contributed by atoms with Crippen molar-refractivity contribution >= 4 is 0 Å². The van der Waals surface area contributed by atoms with E-state index in [9.17, 15) is 8.78 Å². The first-order valence-electron chi connectivity index (χ1n) is 6.80. The molecule has 0 heterocycles. The molecule has 0 radical (unpaired) electrons. The molecule has 100 valence electrons. The van der Waals surface area contributed by atoms with Gasteiger partial charge in [0.15, 0.2) is 11.6 Å². The Labute approximate surface area is 108 Å². The maximum atomic E-state index is 13.8. The number of hydrogen-bond acceptors (Lipinski definition) is 1. The monoisotopic (exact) mass is 253 g/mol. The summed E-state index contributed by atoms with van der Waals surface area (Å²) in [5.41, 5.74) is 0.639. The lowest BCUT2D eigenvalue weighted by Gasteiger charge is -2.29. The van der Waals surface area contributed by atoms with Gasteiger partial charge in [0.25, 0.3) is 0 Å². The zero-order chi connectivity index (χ0) is 13.0. The second kappa shape index (κ2) is 5.79. The maximum Gasteiger partial charge on any atom is 0.162 e. The van der Waals surface area contributed by atoms with Crippen LogP contribution in [0.1, 0.15) is 38.2 Å². The molecule has 1 aliphatic carbocycles. The molecule has 0 saturated heterocycles. The highest BCUT2D eigenvalue weighted by atomic mass is 19.2. The van der Waals surface area contributed by atoms with Crippen LogP contribution in [0.3, 0.4) is 0 Å². The van der Waals surface area contributed by atoms with E-state index in [1.807, 2.05) is 0 Å². The molecule has 2 rings (SSSR count). The molecule has 1 aromatic rings. The van der Waals surface area contributed by atoms with Gasteiger partial charge in [0.2, 0.25) is 0 Å². The van der Waals surface area contributed by atoms with Crippen LogP contribution in [-0.4, -0.2) is 13.1 Å². The zero-order valence-electron chi connectivity index (χ0n) is 10.9. The van der Waals surface area contributed by atoms with E-state index in [2.05, 4.69) is 12.2 Å². The van der Waals surface area contributed by atoms with Gasteiger partial charge >= 0.3 is 0 Å². The van der Waals surface area contributed by atoms with Gasteiger partial charge in [-0.1, -0.05) is 31.9 Å². The Hall–Kier alpha value is -0.960. The molecule has 0 aliphatic heterocycles. The zero-order valence-corrected chi connectivity index (χ0v) is 10.9. The summed E-state index contributed by atoms with van der Waals surface area (Å²) >= 11 is 0. The van der Waals surface area contributed by atoms with Crippen LogP contribution in [0.4, 0.5) is 8.78 Å². The number of rotatable bonds is 5. The van der Waals surface area contributed by atoms with Crippen LogP contribution in [0.2, 0.25) is 0 Å². The number of benzene rings is 1. The van der Waals surface area contributed by atoms with E-state index in [4.69, 9.17) is 0 Å². The largest absolute Gasteiger partial charge is 0.316 e. The fourth-order valence-corrected chi connectivity index (χ4v) is 3.02. The molecule has 3 heteroatoms. The molecule has 1 aromatic carbocycles. The van der Waals surface area contributed by atoms with Crippen molar-refractivity contribution < 1.29 is 8.78 Å². The summed E-state index contributed by atoms with van der Waals surface area (Å²) in [6.07, 6.45) is 5.25. The van der Waals surface area contributed by atoms with Crippen LogP contribution in [0.15, 0.2) is 18.2 Å². The number of halogens is 2. The molecular weight excluding hydrogens is 232 g/mol. The second-order valence-electron chi connectivity index (χ2n) is 5.38. The Balaban J connectivity index is 2.15. The summed E-state index contributed by atoms with van der Waals surface area (Å²) in [7, 11) is 0. The van der Waals surface area contributed by atoms with Crippen molar-refractivity contribution in [3.8, 4) is 0 Å². The fourth-order valence-electron chi connectivity index (χ4n) is 3.02. The van der Waals surface area contributed by atoms with Crippen molar-refractivity contribution in [3.05, 3.63) is 35.4 Å².